The van der Waals surface area contributed by atoms with Gasteiger partial charge in [-0.15, -0.1) is 0 Å². The average molecular weight is 535 g/mol. The summed E-state index contributed by atoms with van der Waals surface area (Å²) < 4.78 is 12.7. The lowest BCUT2D eigenvalue weighted by Gasteiger charge is -2.27. The van der Waals surface area contributed by atoms with Crippen molar-refractivity contribution in [2.45, 2.75) is 20.5 Å². The fourth-order valence-corrected chi connectivity index (χ4v) is 3.87. The Morgan fingerprint density at radius 2 is 1.69 bits per heavy atom. The number of para-hydroxylation sites is 1. The zero-order valence-electron chi connectivity index (χ0n) is 19.2. The second kappa shape index (κ2) is 10.6. The number of aryl methyl sites for hydroxylation is 1. The third-order valence-corrected chi connectivity index (χ3v) is 5.87. The molecule has 0 aliphatic carbocycles. The topological polar surface area (TPSA) is 84.9 Å². The highest BCUT2D eigenvalue weighted by atomic mass is 79.9. The lowest BCUT2D eigenvalue weighted by molar-refractivity contribution is -0.122. The van der Waals surface area contributed by atoms with E-state index in [1.807, 2.05) is 37.3 Å². The van der Waals surface area contributed by atoms with Crippen LogP contribution in [0.3, 0.4) is 0 Å². The lowest BCUT2D eigenvalue weighted by atomic mass is 10.1. The highest BCUT2D eigenvalue weighted by Crippen LogP contribution is 2.31. The van der Waals surface area contributed by atoms with E-state index in [9.17, 15) is 14.4 Å². The van der Waals surface area contributed by atoms with Crippen molar-refractivity contribution in [2.24, 2.45) is 0 Å². The molecule has 4 amide bonds. The van der Waals surface area contributed by atoms with Gasteiger partial charge in [0.2, 0.25) is 0 Å². The van der Waals surface area contributed by atoms with Gasteiger partial charge in [0.25, 0.3) is 11.8 Å². The van der Waals surface area contributed by atoms with Crippen LogP contribution in [0.4, 0.5) is 10.5 Å². The molecule has 1 aliphatic rings. The molecular formula is C27H23BrN2O5. The van der Waals surface area contributed by atoms with Gasteiger partial charge < -0.3 is 9.47 Å². The molecule has 4 rings (SSSR count). The molecule has 0 radical (unpaired) electrons. The molecule has 35 heavy (non-hydrogen) atoms. The van der Waals surface area contributed by atoms with Crippen molar-refractivity contribution in [3.05, 3.63) is 93.5 Å². The molecule has 0 unspecified atom stereocenters. The molecule has 8 heteroatoms. The molecule has 1 heterocycles. The van der Waals surface area contributed by atoms with Crippen LogP contribution in [-0.4, -0.2) is 24.5 Å². The first kappa shape index (κ1) is 24.2. The maximum atomic E-state index is 13.2. The fourth-order valence-electron chi connectivity index (χ4n) is 3.60. The van der Waals surface area contributed by atoms with E-state index in [1.165, 1.54) is 6.08 Å². The number of hydrogen-bond acceptors (Lipinski definition) is 5. The molecule has 1 aliphatic heterocycles. The number of ether oxygens (including phenoxy) is 2. The quantitative estimate of drug-likeness (QED) is 0.324. The second-order valence-electron chi connectivity index (χ2n) is 7.80. The van der Waals surface area contributed by atoms with Gasteiger partial charge in [0.1, 0.15) is 12.2 Å². The lowest BCUT2D eigenvalue weighted by Crippen LogP contribution is -2.54. The number of carbonyl (C=O) groups is 3. The number of rotatable bonds is 7. The number of hydrogen-bond donors (Lipinski definition) is 1. The van der Waals surface area contributed by atoms with Crippen molar-refractivity contribution < 1.29 is 23.9 Å². The maximum absolute atomic E-state index is 13.2. The van der Waals surface area contributed by atoms with Gasteiger partial charge in [0.15, 0.2) is 11.5 Å². The molecule has 0 atom stereocenters. The van der Waals surface area contributed by atoms with E-state index >= 15 is 0 Å². The molecule has 0 saturated carbocycles. The second-order valence-corrected chi connectivity index (χ2v) is 8.71. The molecule has 7 nitrogen and oxygen atoms in total. The summed E-state index contributed by atoms with van der Waals surface area (Å²) in [6.07, 6.45) is 1.44. The Bertz CT molecular complexity index is 1320. The summed E-state index contributed by atoms with van der Waals surface area (Å²) in [5.74, 6) is -0.428. The molecular weight excluding hydrogens is 512 g/mol. The van der Waals surface area contributed by atoms with E-state index in [-0.39, 0.29) is 5.57 Å². The first-order valence-corrected chi connectivity index (χ1v) is 11.8. The Balaban J connectivity index is 1.61. The number of benzene rings is 3. The number of barbiturate groups is 1. The van der Waals surface area contributed by atoms with Crippen molar-refractivity contribution in [1.29, 1.82) is 0 Å². The Morgan fingerprint density at radius 3 is 2.40 bits per heavy atom. The summed E-state index contributed by atoms with van der Waals surface area (Å²) in [4.78, 5) is 39.2. The highest BCUT2D eigenvalue weighted by Gasteiger charge is 2.37. The van der Waals surface area contributed by atoms with Gasteiger partial charge in [-0.3, -0.25) is 14.9 Å². The van der Waals surface area contributed by atoms with E-state index in [4.69, 9.17) is 9.47 Å². The van der Waals surface area contributed by atoms with E-state index in [0.29, 0.717) is 36.0 Å². The smallest absolute Gasteiger partial charge is 0.335 e. The Kier molecular flexibility index (Phi) is 7.31. The summed E-state index contributed by atoms with van der Waals surface area (Å²) in [6.45, 7) is 4.40. The number of anilines is 1. The standard InChI is InChI=1S/C27H23BrN2O5/c1-3-34-24-15-19(10-13-23(24)35-16-18-8-11-20(28)12-9-18)14-21-25(31)29-27(33)30(26(21)32)22-7-5-4-6-17(22)2/h4-15H,3,16H2,1-2H3,(H,29,31,33)/b21-14+. The number of carbonyl (C=O) groups excluding carboxylic acids is 3. The van der Waals surface area contributed by atoms with Crippen molar-refractivity contribution in [2.75, 3.05) is 11.5 Å². The van der Waals surface area contributed by atoms with Gasteiger partial charge in [0, 0.05) is 4.47 Å². The summed E-state index contributed by atoms with van der Waals surface area (Å²) in [5, 5.41) is 2.25. The van der Waals surface area contributed by atoms with Crippen LogP contribution in [0.15, 0.2) is 76.8 Å². The maximum Gasteiger partial charge on any atom is 0.335 e. The number of nitrogens with one attached hydrogen (secondary N) is 1. The monoisotopic (exact) mass is 534 g/mol. The minimum absolute atomic E-state index is 0.154. The van der Waals surface area contributed by atoms with E-state index in [1.54, 1.807) is 43.3 Å². The van der Waals surface area contributed by atoms with Gasteiger partial charge in [-0.05, 0) is 66.9 Å². The van der Waals surface area contributed by atoms with Crippen LogP contribution in [-0.2, 0) is 16.2 Å². The third kappa shape index (κ3) is 5.44. The van der Waals surface area contributed by atoms with E-state index in [0.717, 1.165) is 20.5 Å². The Hall–Kier alpha value is -3.91. The SMILES string of the molecule is CCOc1cc(/C=C2\C(=O)NC(=O)N(c3ccccc3C)C2=O)ccc1OCc1ccc(Br)cc1. The largest absolute Gasteiger partial charge is 0.490 e. The van der Waals surface area contributed by atoms with Crippen LogP contribution >= 0.6 is 15.9 Å². The van der Waals surface area contributed by atoms with Crippen LogP contribution in [0.2, 0.25) is 0 Å². The fraction of sp³-hybridized carbons (Fsp3) is 0.148. The molecule has 1 saturated heterocycles. The van der Waals surface area contributed by atoms with Gasteiger partial charge in [-0.1, -0.05) is 52.3 Å². The van der Waals surface area contributed by atoms with E-state index < -0.39 is 17.8 Å². The van der Waals surface area contributed by atoms with Gasteiger partial charge in [-0.25, -0.2) is 9.69 Å². The van der Waals surface area contributed by atoms with Crippen LogP contribution in [0.5, 0.6) is 11.5 Å². The zero-order chi connectivity index (χ0) is 24.9. The predicted octanol–water partition coefficient (Wildman–Crippen LogP) is 5.40. The minimum atomic E-state index is -0.779. The van der Waals surface area contributed by atoms with E-state index in [2.05, 4.69) is 21.2 Å². The van der Waals surface area contributed by atoms with Crippen LogP contribution in [0.25, 0.3) is 6.08 Å². The van der Waals surface area contributed by atoms with Gasteiger partial charge >= 0.3 is 6.03 Å². The minimum Gasteiger partial charge on any atom is -0.490 e. The molecule has 1 fully saturated rings. The molecule has 178 valence electrons. The summed E-state index contributed by atoms with van der Waals surface area (Å²) in [7, 11) is 0. The Morgan fingerprint density at radius 1 is 0.943 bits per heavy atom. The van der Waals surface area contributed by atoms with Crippen molar-refractivity contribution >= 4 is 45.5 Å². The molecule has 0 aromatic heterocycles. The zero-order valence-corrected chi connectivity index (χ0v) is 20.8. The number of imide groups is 2. The molecule has 3 aromatic carbocycles. The number of amides is 4. The van der Waals surface area contributed by atoms with Gasteiger partial charge in [-0.2, -0.15) is 0 Å². The average Bonchev–Trinajstić information content (AvgIpc) is 2.83. The first-order valence-electron chi connectivity index (χ1n) is 11.0. The third-order valence-electron chi connectivity index (χ3n) is 5.34. The normalized spacial score (nSPS) is 14.8. The van der Waals surface area contributed by atoms with Crippen molar-refractivity contribution in [3.8, 4) is 11.5 Å². The van der Waals surface area contributed by atoms with Crippen LogP contribution in [0, 0.1) is 6.92 Å². The molecule has 0 bridgehead atoms. The van der Waals surface area contributed by atoms with Crippen LogP contribution in [0.1, 0.15) is 23.6 Å². The summed E-state index contributed by atoms with van der Waals surface area (Å²) in [6, 6.07) is 19.1. The number of nitrogens with zero attached hydrogens (tertiary/aromatic N) is 1. The molecule has 0 spiro atoms. The van der Waals surface area contributed by atoms with Crippen molar-refractivity contribution in [3.63, 3.8) is 0 Å². The first-order chi connectivity index (χ1) is 16.9. The number of urea groups is 1. The molecule has 3 aromatic rings. The molecule has 1 N–H and O–H groups in total. The Labute approximate surface area is 211 Å². The summed E-state index contributed by atoms with van der Waals surface area (Å²) in [5.41, 5.74) is 2.55. The summed E-state index contributed by atoms with van der Waals surface area (Å²) >= 11 is 3.41. The predicted molar refractivity (Wildman–Crippen MR) is 136 cm³/mol. The van der Waals surface area contributed by atoms with Gasteiger partial charge in [0.05, 0.1) is 12.3 Å². The highest BCUT2D eigenvalue weighted by molar-refractivity contribution is 9.10. The number of halogens is 1. The van der Waals surface area contributed by atoms with Crippen LogP contribution < -0.4 is 19.7 Å². The van der Waals surface area contributed by atoms with Crippen molar-refractivity contribution in [1.82, 2.24) is 5.32 Å².